The Morgan fingerprint density at radius 1 is 1.05 bits per heavy atom. The molecule has 0 bridgehead atoms. The van der Waals surface area contributed by atoms with Crippen LogP contribution in [0.5, 0.6) is 17.2 Å². The van der Waals surface area contributed by atoms with Crippen LogP contribution in [0.3, 0.4) is 0 Å². The van der Waals surface area contributed by atoms with Gasteiger partial charge in [0.15, 0.2) is 17.2 Å². The summed E-state index contributed by atoms with van der Waals surface area (Å²) in [6, 6.07) is 9.39. The zero-order valence-electron chi connectivity index (χ0n) is 10.8. The van der Waals surface area contributed by atoms with Gasteiger partial charge in [0.25, 0.3) is 0 Å². The van der Waals surface area contributed by atoms with Crippen molar-refractivity contribution in [1.29, 1.82) is 0 Å². The SMILES string of the molecule is O=C(/C=C/c1cc(O)c(O)c(O)c1)Nc1ccc(S)cc1. The molecule has 0 heterocycles. The highest BCUT2D eigenvalue weighted by atomic mass is 32.1. The summed E-state index contributed by atoms with van der Waals surface area (Å²) in [6.07, 6.45) is 2.65. The van der Waals surface area contributed by atoms with E-state index in [9.17, 15) is 20.1 Å². The van der Waals surface area contributed by atoms with Gasteiger partial charge in [0, 0.05) is 16.7 Å². The molecule has 21 heavy (non-hydrogen) atoms. The molecular formula is C15H13NO4S. The summed E-state index contributed by atoms with van der Waals surface area (Å²) in [5, 5.41) is 30.6. The second-order valence-electron chi connectivity index (χ2n) is 4.28. The molecule has 108 valence electrons. The van der Waals surface area contributed by atoms with Crippen LogP contribution in [0.1, 0.15) is 5.56 Å². The molecule has 2 aromatic carbocycles. The van der Waals surface area contributed by atoms with Crippen molar-refractivity contribution in [2.75, 3.05) is 5.32 Å². The number of aromatic hydroxyl groups is 3. The molecule has 0 saturated carbocycles. The van der Waals surface area contributed by atoms with Crippen molar-refractivity contribution in [3.05, 3.63) is 48.0 Å². The fourth-order valence-corrected chi connectivity index (χ4v) is 1.77. The van der Waals surface area contributed by atoms with Crippen molar-refractivity contribution in [1.82, 2.24) is 0 Å². The molecule has 0 atom stereocenters. The van der Waals surface area contributed by atoms with Gasteiger partial charge >= 0.3 is 0 Å². The van der Waals surface area contributed by atoms with E-state index >= 15 is 0 Å². The topological polar surface area (TPSA) is 89.8 Å². The normalized spacial score (nSPS) is 10.7. The summed E-state index contributed by atoms with van der Waals surface area (Å²) >= 11 is 4.14. The third-order valence-corrected chi connectivity index (χ3v) is 2.95. The van der Waals surface area contributed by atoms with Gasteiger partial charge in [-0.05, 0) is 48.0 Å². The Labute approximate surface area is 126 Å². The molecule has 2 rings (SSSR count). The summed E-state index contributed by atoms with van der Waals surface area (Å²) in [7, 11) is 0. The van der Waals surface area contributed by atoms with Crippen molar-refractivity contribution in [3.8, 4) is 17.2 Å². The molecule has 0 spiro atoms. The number of hydrogen-bond acceptors (Lipinski definition) is 5. The van der Waals surface area contributed by atoms with E-state index in [1.54, 1.807) is 24.3 Å². The number of phenols is 3. The zero-order chi connectivity index (χ0) is 15.4. The van der Waals surface area contributed by atoms with Crippen molar-refractivity contribution >= 4 is 30.3 Å². The van der Waals surface area contributed by atoms with E-state index in [2.05, 4.69) is 17.9 Å². The number of carbonyl (C=O) groups is 1. The smallest absolute Gasteiger partial charge is 0.248 e. The Balaban J connectivity index is 2.07. The third kappa shape index (κ3) is 3.93. The standard InChI is InChI=1S/C15H13NO4S/c17-12-7-9(8-13(18)15(12)20)1-6-14(19)16-10-2-4-11(21)5-3-10/h1-8,17-18,20-21H,(H,16,19)/b6-1+. The molecule has 5 nitrogen and oxygen atoms in total. The fourth-order valence-electron chi connectivity index (χ4n) is 1.62. The molecule has 0 fully saturated rings. The molecule has 1 amide bonds. The fraction of sp³-hybridized carbons (Fsp3) is 0. The largest absolute Gasteiger partial charge is 0.504 e. The van der Waals surface area contributed by atoms with Crippen LogP contribution >= 0.6 is 12.6 Å². The summed E-state index contributed by atoms with van der Waals surface area (Å²) in [6.45, 7) is 0. The lowest BCUT2D eigenvalue weighted by molar-refractivity contribution is -0.111. The average molecular weight is 303 g/mol. The highest BCUT2D eigenvalue weighted by molar-refractivity contribution is 7.80. The summed E-state index contributed by atoms with van der Waals surface area (Å²) in [4.78, 5) is 12.5. The predicted octanol–water partition coefficient (Wildman–Crippen LogP) is 2.74. The van der Waals surface area contributed by atoms with Crippen molar-refractivity contribution < 1.29 is 20.1 Å². The number of benzene rings is 2. The number of phenolic OH excluding ortho intramolecular Hbond substituents is 3. The van der Waals surface area contributed by atoms with Crippen LogP contribution < -0.4 is 5.32 Å². The number of anilines is 1. The van der Waals surface area contributed by atoms with E-state index in [1.165, 1.54) is 24.3 Å². The Morgan fingerprint density at radius 2 is 1.62 bits per heavy atom. The van der Waals surface area contributed by atoms with Crippen LogP contribution in [0.25, 0.3) is 6.08 Å². The van der Waals surface area contributed by atoms with Gasteiger partial charge < -0.3 is 20.6 Å². The van der Waals surface area contributed by atoms with Gasteiger partial charge in [-0.25, -0.2) is 0 Å². The van der Waals surface area contributed by atoms with Gasteiger partial charge in [0.05, 0.1) is 0 Å². The number of carbonyl (C=O) groups excluding carboxylic acids is 1. The van der Waals surface area contributed by atoms with E-state index in [0.29, 0.717) is 11.3 Å². The molecule has 2 aromatic rings. The van der Waals surface area contributed by atoms with Crippen LogP contribution in [0.4, 0.5) is 5.69 Å². The lowest BCUT2D eigenvalue weighted by Gasteiger charge is -2.03. The maximum atomic E-state index is 11.7. The lowest BCUT2D eigenvalue weighted by atomic mass is 10.1. The van der Waals surface area contributed by atoms with Gasteiger partial charge in [0.1, 0.15) is 0 Å². The second-order valence-corrected chi connectivity index (χ2v) is 4.79. The molecule has 0 aliphatic heterocycles. The quantitative estimate of drug-likeness (QED) is 0.343. The number of amides is 1. The summed E-state index contributed by atoms with van der Waals surface area (Å²) < 4.78 is 0. The monoisotopic (exact) mass is 303 g/mol. The highest BCUT2D eigenvalue weighted by Gasteiger charge is 2.06. The lowest BCUT2D eigenvalue weighted by Crippen LogP contribution is -2.07. The minimum Gasteiger partial charge on any atom is -0.504 e. The first-order chi connectivity index (χ1) is 9.95. The van der Waals surface area contributed by atoms with Crippen molar-refractivity contribution in [2.45, 2.75) is 4.90 Å². The van der Waals surface area contributed by atoms with E-state index < -0.39 is 17.2 Å². The van der Waals surface area contributed by atoms with Gasteiger partial charge in [-0.15, -0.1) is 12.6 Å². The summed E-state index contributed by atoms with van der Waals surface area (Å²) in [5.41, 5.74) is 1.00. The molecule has 0 radical (unpaired) electrons. The molecular weight excluding hydrogens is 290 g/mol. The molecule has 4 N–H and O–H groups in total. The minimum atomic E-state index is -0.594. The Bertz CT molecular complexity index is 672. The maximum absolute atomic E-state index is 11.7. The zero-order valence-corrected chi connectivity index (χ0v) is 11.7. The Kier molecular flexibility index (Phi) is 4.39. The van der Waals surface area contributed by atoms with Crippen molar-refractivity contribution in [2.24, 2.45) is 0 Å². The van der Waals surface area contributed by atoms with Crippen LogP contribution in [-0.4, -0.2) is 21.2 Å². The third-order valence-electron chi connectivity index (χ3n) is 2.65. The first kappa shape index (κ1) is 14.8. The minimum absolute atomic E-state index is 0.367. The molecule has 0 saturated heterocycles. The van der Waals surface area contributed by atoms with Gasteiger partial charge in [-0.1, -0.05) is 0 Å². The van der Waals surface area contributed by atoms with Gasteiger partial charge in [-0.3, -0.25) is 4.79 Å². The van der Waals surface area contributed by atoms with Crippen LogP contribution in [-0.2, 0) is 4.79 Å². The van der Waals surface area contributed by atoms with Crippen LogP contribution in [0.15, 0.2) is 47.4 Å². The van der Waals surface area contributed by atoms with E-state index in [4.69, 9.17) is 0 Å². The highest BCUT2D eigenvalue weighted by Crippen LogP contribution is 2.35. The predicted molar refractivity (Wildman–Crippen MR) is 82.8 cm³/mol. The molecule has 0 aliphatic rings. The van der Waals surface area contributed by atoms with E-state index in [-0.39, 0.29) is 5.91 Å². The van der Waals surface area contributed by atoms with Crippen LogP contribution in [0.2, 0.25) is 0 Å². The first-order valence-corrected chi connectivity index (χ1v) is 6.43. The van der Waals surface area contributed by atoms with Crippen LogP contribution in [0, 0.1) is 0 Å². The van der Waals surface area contributed by atoms with E-state index in [1.807, 2.05) is 0 Å². The first-order valence-electron chi connectivity index (χ1n) is 5.99. The number of hydrogen-bond donors (Lipinski definition) is 5. The number of thiol groups is 1. The number of rotatable bonds is 3. The maximum Gasteiger partial charge on any atom is 0.248 e. The Hall–Kier alpha value is -2.60. The van der Waals surface area contributed by atoms with E-state index in [0.717, 1.165) is 4.90 Å². The summed E-state index contributed by atoms with van der Waals surface area (Å²) in [5.74, 6) is -1.88. The Morgan fingerprint density at radius 3 is 2.19 bits per heavy atom. The molecule has 0 aliphatic carbocycles. The molecule has 6 heteroatoms. The van der Waals surface area contributed by atoms with Gasteiger partial charge in [0.2, 0.25) is 5.91 Å². The molecule has 0 aromatic heterocycles. The second kappa shape index (κ2) is 6.23. The molecule has 0 unspecified atom stereocenters. The number of nitrogens with one attached hydrogen (secondary N) is 1. The van der Waals surface area contributed by atoms with Crippen molar-refractivity contribution in [3.63, 3.8) is 0 Å². The van der Waals surface area contributed by atoms with Gasteiger partial charge in [-0.2, -0.15) is 0 Å². The average Bonchev–Trinajstić information content (AvgIpc) is 2.45.